The number of hydrogen-bond donors (Lipinski definition) is 0. The van der Waals surface area contributed by atoms with Crippen molar-refractivity contribution >= 4 is 15.9 Å². The van der Waals surface area contributed by atoms with Gasteiger partial charge in [0.2, 0.25) is 0 Å². The highest BCUT2D eigenvalue weighted by molar-refractivity contribution is 9.09. The molecule has 0 aromatic heterocycles. The summed E-state index contributed by atoms with van der Waals surface area (Å²) < 4.78 is 12.2. The zero-order chi connectivity index (χ0) is 14.4. The first-order valence-corrected chi connectivity index (χ1v) is 8.91. The van der Waals surface area contributed by atoms with Crippen LogP contribution in [0.1, 0.15) is 66.2 Å². The lowest BCUT2D eigenvalue weighted by molar-refractivity contribution is -0.273. The Kier molecular flexibility index (Phi) is 7.34. The van der Waals surface area contributed by atoms with Crippen LogP contribution in [0.15, 0.2) is 0 Å². The molecule has 1 atom stereocenters. The molecule has 3 heteroatoms. The van der Waals surface area contributed by atoms with Crippen LogP contribution in [-0.2, 0) is 9.47 Å². The maximum atomic E-state index is 6.11. The molecule has 1 heterocycles. The zero-order valence-electron chi connectivity index (χ0n) is 13.1. The van der Waals surface area contributed by atoms with Gasteiger partial charge in [-0.25, -0.2) is 0 Å². The highest BCUT2D eigenvalue weighted by atomic mass is 79.9. The monoisotopic (exact) mass is 334 g/mol. The second kappa shape index (κ2) is 7.99. The summed E-state index contributed by atoms with van der Waals surface area (Å²) in [6.45, 7) is 10.6. The quantitative estimate of drug-likeness (QED) is 0.571. The van der Waals surface area contributed by atoms with Crippen molar-refractivity contribution in [2.45, 2.75) is 72.5 Å². The summed E-state index contributed by atoms with van der Waals surface area (Å²) in [6, 6.07) is 0. The summed E-state index contributed by atoms with van der Waals surface area (Å²) in [4.78, 5) is 0. The Bertz CT molecular complexity index is 235. The minimum Gasteiger partial charge on any atom is -0.351 e. The summed E-state index contributed by atoms with van der Waals surface area (Å²) in [5.41, 5.74) is 0.371. The fourth-order valence-electron chi connectivity index (χ4n) is 2.87. The van der Waals surface area contributed by atoms with Crippen LogP contribution in [0.25, 0.3) is 0 Å². The van der Waals surface area contributed by atoms with Crippen molar-refractivity contribution < 1.29 is 9.47 Å². The standard InChI is InChI=1S/C16H31BrO2/c1-5-7-9-16(6-2,10-8-11-17)14-18-12-15(3,4)13-19-14/h14H,5-13H2,1-4H3. The predicted octanol–water partition coefficient (Wildman–Crippen LogP) is 5.15. The molecular weight excluding hydrogens is 304 g/mol. The van der Waals surface area contributed by atoms with Crippen molar-refractivity contribution in [3.63, 3.8) is 0 Å². The smallest absolute Gasteiger partial charge is 0.163 e. The largest absolute Gasteiger partial charge is 0.351 e. The maximum absolute atomic E-state index is 6.11. The maximum Gasteiger partial charge on any atom is 0.163 e. The topological polar surface area (TPSA) is 18.5 Å². The van der Waals surface area contributed by atoms with Crippen LogP contribution < -0.4 is 0 Å². The summed E-state index contributed by atoms with van der Waals surface area (Å²) in [5, 5.41) is 1.07. The molecule has 114 valence electrons. The molecule has 1 unspecified atom stereocenters. The molecule has 0 aliphatic carbocycles. The Morgan fingerprint density at radius 1 is 1.11 bits per heavy atom. The molecular formula is C16H31BrO2. The number of hydrogen-bond acceptors (Lipinski definition) is 2. The number of rotatable bonds is 8. The van der Waals surface area contributed by atoms with E-state index in [0.717, 1.165) is 25.0 Å². The van der Waals surface area contributed by atoms with Crippen LogP contribution in [0.2, 0.25) is 0 Å². The van der Waals surface area contributed by atoms with E-state index in [0.29, 0.717) is 0 Å². The Labute approximate surface area is 127 Å². The molecule has 2 nitrogen and oxygen atoms in total. The number of unbranched alkanes of at least 4 members (excludes halogenated alkanes) is 1. The van der Waals surface area contributed by atoms with Gasteiger partial charge in [0.05, 0.1) is 13.2 Å². The van der Waals surface area contributed by atoms with Gasteiger partial charge in [-0.3, -0.25) is 0 Å². The molecule has 0 bridgehead atoms. The third-order valence-electron chi connectivity index (χ3n) is 4.29. The SMILES string of the molecule is CCCCC(CC)(CCCBr)C1OCC(C)(C)CO1. The highest BCUT2D eigenvalue weighted by Gasteiger charge is 2.42. The van der Waals surface area contributed by atoms with Crippen LogP contribution in [-0.4, -0.2) is 24.8 Å². The molecule has 1 fully saturated rings. The van der Waals surface area contributed by atoms with Gasteiger partial charge in [-0.15, -0.1) is 0 Å². The fraction of sp³-hybridized carbons (Fsp3) is 1.00. The van der Waals surface area contributed by atoms with Gasteiger partial charge in [0.1, 0.15) is 0 Å². The van der Waals surface area contributed by atoms with Crippen molar-refractivity contribution in [3.05, 3.63) is 0 Å². The van der Waals surface area contributed by atoms with Gasteiger partial charge >= 0.3 is 0 Å². The molecule has 1 aliphatic rings. The van der Waals surface area contributed by atoms with E-state index in [1.165, 1.54) is 32.1 Å². The molecule has 0 radical (unpaired) electrons. The van der Waals surface area contributed by atoms with Crippen LogP contribution >= 0.6 is 15.9 Å². The minimum atomic E-state index is -0.00359. The first-order chi connectivity index (χ1) is 8.99. The molecule has 1 aliphatic heterocycles. The summed E-state index contributed by atoms with van der Waals surface area (Å²) in [6.07, 6.45) is 7.26. The second-order valence-corrected chi connectivity index (χ2v) is 7.52. The van der Waals surface area contributed by atoms with Gasteiger partial charge in [0.25, 0.3) is 0 Å². The van der Waals surface area contributed by atoms with Gasteiger partial charge < -0.3 is 9.47 Å². The van der Waals surface area contributed by atoms with E-state index < -0.39 is 0 Å². The third kappa shape index (κ3) is 5.02. The van der Waals surface area contributed by atoms with E-state index in [-0.39, 0.29) is 17.1 Å². The zero-order valence-corrected chi connectivity index (χ0v) is 14.7. The molecule has 0 aromatic rings. The first-order valence-electron chi connectivity index (χ1n) is 7.79. The van der Waals surface area contributed by atoms with Crippen LogP contribution in [0.5, 0.6) is 0 Å². The lowest BCUT2D eigenvalue weighted by Gasteiger charge is -2.45. The van der Waals surface area contributed by atoms with Gasteiger partial charge in [-0.2, -0.15) is 0 Å². The highest BCUT2D eigenvalue weighted by Crippen LogP contribution is 2.42. The van der Waals surface area contributed by atoms with Gasteiger partial charge in [0.15, 0.2) is 6.29 Å². The summed E-state index contributed by atoms with van der Waals surface area (Å²) >= 11 is 3.56. The minimum absolute atomic E-state index is 0.00359. The Morgan fingerprint density at radius 3 is 2.16 bits per heavy atom. The lowest BCUT2D eigenvalue weighted by Crippen LogP contribution is -2.47. The summed E-state index contributed by atoms with van der Waals surface area (Å²) in [7, 11) is 0. The summed E-state index contributed by atoms with van der Waals surface area (Å²) in [5.74, 6) is 0. The third-order valence-corrected chi connectivity index (χ3v) is 4.85. The predicted molar refractivity (Wildman–Crippen MR) is 84.8 cm³/mol. The van der Waals surface area contributed by atoms with Crippen molar-refractivity contribution in [3.8, 4) is 0 Å². The number of alkyl halides is 1. The van der Waals surface area contributed by atoms with Crippen LogP contribution in [0, 0.1) is 10.8 Å². The van der Waals surface area contributed by atoms with Crippen molar-refractivity contribution in [1.29, 1.82) is 0 Å². The average molecular weight is 335 g/mol. The van der Waals surface area contributed by atoms with Gasteiger partial charge in [-0.05, 0) is 25.7 Å². The van der Waals surface area contributed by atoms with E-state index in [9.17, 15) is 0 Å². The second-order valence-electron chi connectivity index (χ2n) is 6.73. The van der Waals surface area contributed by atoms with Gasteiger partial charge in [-0.1, -0.05) is 56.5 Å². The molecule has 0 saturated carbocycles. The molecule has 1 saturated heterocycles. The molecule has 0 amide bonds. The van der Waals surface area contributed by atoms with E-state index in [1.807, 2.05) is 0 Å². The van der Waals surface area contributed by atoms with E-state index in [4.69, 9.17) is 9.47 Å². The van der Waals surface area contributed by atoms with Crippen molar-refractivity contribution in [2.75, 3.05) is 18.5 Å². The normalized spacial score (nSPS) is 23.2. The average Bonchev–Trinajstić information content (AvgIpc) is 2.40. The number of halogens is 1. The molecule has 19 heavy (non-hydrogen) atoms. The molecule has 1 rings (SSSR count). The Balaban J connectivity index is 2.71. The lowest BCUT2D eigenvalue weighted by atomic mass is 9.75. The first kappa shape index (κ1) is 17.5. The van der Waals surface area contributed by atoms with E-state index in [1.54, 1.807) is 0 Å². The van der Waals surface area contributed by atoms with E-state index in [2.05, 4.69) is 43.6 Å². The van der Waals surface area contributed by atoms with Crippen LogP contribution in [0.4, 0.5) is 0 Å². The van der Waals surface area contributed by atoms with E-state index >= 15 is 0 Å². The van der Waals surface area contributed by atoms with Gasteiger partial charge in [0, 0.05) is 16.2 Å². The Morgan fingerprint density at radius 2 is 1.68 bits per heavy atom. The fourth-order valence-corrected chi connectivity index (χ4v) is 3.15. The van der Waals surface area contributed by atoms with Crippen LogP contribution in [0.3, 0.4) is 0 Å². The molecule has 0 spiro atoms. The Hall–Kier alpha value is 0.400. The molecule has 0 N–H and O–H groups in total. The molecule has 0 aromatic carbocycles. The number of ether oxygens (including phenoxy) is 2. The van der Waals surface area contributed by atoms with Crippen molar-refractivity contribution in [2.24, 2.45) is 10.8 Å². The van der Waals surface area contributed by atoms with Crippen molar-refractivity contribution in [1.82, 2.24) is 0 Å².